The molecule has 2 aliphatic rings. The lowest BCUT2D eigenvalue weighted by Gasteiger charge is -2.32. The molecule has 1 atom stereocenters. The summed E-state index contributed by atoms with van der Waals surface area (Å²) >= 11 is 0. The van der Waals surface area contributed by atoms with Crippen LogP contribution in [-0.2, 0) is 37.0 Å². The third-order valence-electron chi connectivity index (χ3n) is 6.13. The molecule has 1 unspecified atom stereocenters. The van der Waals surface area contributed by atoms with Crippen molar-refractivity contribution < 1.29 is 35.6 Å². The van der Waals surface area contributed by atoms with Gasteiger partial charge in [0.25, 0.3) is 10.8 Å². The molecule has 5 rings (SSSR count). The van der Waals surface area contributed by atoms with Crippen LogP contribution in [0.5, 0.6) is 0 Å². The Bertz CT molecular complexity index is 1450. The second kappa shape index (κ2) is 7.64. The Morgan fingerprint density at radius 3 is 2.14 bits per heavy atom. The minimum atomic E-state index is -4.64. The van der Waals surface area contributed by atoms with Crippen LogP contribution in [0.4, 0.5) is 28.9 Å². The van der Waals surface area contributed by atoms with Crippen molar-refractivity contribution >= 4 is 33.0 Å². The number of alkyl halides is 3. The fraction of sp³-hybridized carbons (Fsp3) is 0.167. The van der Waals surface area contributed by atoms with Crippen molar-refractivity contribution in [2.24, 2.45) is 0 Å². The maximum absolute atomic E-state index is 13.9. The molecule has 11 heteroatoms. The predicted molar refractivity (Wildman–Crippen MR) is 118 cm³/mol. The standard InChI is InChI=1S/C24H16F4N2O4S/c25-17-9-5-15(6-10-17)13-29-20-4-2-1-3-19(20)23(22(29)32)30(21(31)14-35(23,33)34)18-11-7-16(8-12-18)24(26,27)28/h1-12H,13-14H2. The highest BCUT2D eigenvalue weighted by molar-refractivity contribution is 7.94. The van der Waals surface area contributed by atoms with Crippen molar-refractivity contribution in [2.45, 2.75) is 17.6 Å². The van der Waals surface area contributed by atoms with E-state index >= 15 is 0 Å². The van der Waals surface area contributed by atoms with Gasteiger partial charge in [0.05, 0.1) is 17.8 Å². The molecule has 3 aromatic carbocycles. The molecule has 0 saturated carbocycles. The first-order chi connectivity index (χ1) is 16.5. The summed E-state index contributed by atoms with van der Waals surface area (Å²) in [6.07, 6.45) is -4.64. The summed E-state index contributed by atoms with van der Waals surface area (Å²) in [6.45, 7) is -0.109. The van der Waals surface area contributed by atoms with E-state index < -0.39 is 49.8 Å². The van der Waals surface area contributed by atoms with Gasteiger partial charge in [-0.1, -0.05) is 30.3 Å². The molecule has 2 aliphatic heterocycles. The van der Waals surface area contributed by atoms with Crippen molar-refractivity contribution in [2.75, 3.05) is 15.6 Å². The number of carbonyl (C=O) groups excluding carboxylic acids is 2. The molecule has 0 aliphatic carbocycles. The molecule has 0 radical (unpaired) electrons. The van der Waals surface area contributed by atoms with Crippen LogP contribution >= 0.6 is 0 Å². The van der Waals surface area contributed by atoms with Crippen LogP contribution < -0.4 is 9.80 Å². The number of hydrogen-bond donors (Lipinski definition) is 0. The minimum Gasteiger partial charge on any atom is -0.304 e. The molecule has 0 N–H and O–H groups in total. The maximum Gasteiger partial charge on any atom is 0.416 e. The Balaban J connectivity index is 1.68. The zero-order chi connectivity index (χ0) is 25.2. The highest BCUT2D eigenvalue weighted by Crippen LogP contribution is 2.53. The number of anilines is 2. The molecule has 3 aromatic rings. The Morgan fingerprint density at radius 1 is 0.886 bits per heavy atom. The van der Waals surface area contributed by atoms with Crippen LogP contribution in [0.1, 0.15) is 16.7 Å². The molecule has 2 amide bonds. The maximum atomic E-state index is 13.9. The highest BCUT2D eigenvalue weighted by Gasteiger charge is 2.69. The van der Waals surface area contributed by atoms with E-state index in [1.165, 1.54) is 47.4 Å². The lowest BCUT2D eigenvalue weighted by atomic mass is 10.0. The van der Waals surface area contributed by atoms with Crippen molar-refractivity contribution in [1.29, 1.82) is 0 Å². The first-order valence-electron chi connectivity index (χ1n) is 10.4. The molecular weight excluding hydrogens is 488 g/mol. The summed E-state index contributed by atoms with van der Waals surface area (Å²) in [6, 6.07) is 14.7. The summed E-state index contributed by atoms with van der Waals surface area (Å²) in [4.78, 5) is 26.4. The quantitative estimate of drug-likeness (QED) is 0.506. The number of hydrogen-bond acceptors (Lipinski definition) is 4. The molecule has 0 bridgehead atoms. The number of fused-ring (bicyclic) bond motifs is 2. The predicted octanol–water partition coefficient (Wildman–Crippen LogP) is 4.01. The summed E-state index contributed by atoms with van der Waals surface area (Å²) < 4.78 is 79.6. The Kier molecular flexibility index (Phi) is 5.03. The van der Waals surface area contributed by atoms with Crippen molar-refractivity contribution in [3.8, 4) is 0 Å². The fourth-order valence-electron chi connectivity index (χ4n) is 4.62. The van der Waals surface area contributed by atoms with Crippen LogP contribution in [0, 0.1) is 5.82 Å². The van der Waals surface area contributed by atoms with Gasteiger partial charge < -0.3 is 4.90 Å². The minimum absolute atomic E-state index is 0.0258. The molecule has 35 heavy (non-hydrogen) atoms. The lowest BCUT2D eigenvalue weighted by Crippen LogP contribution is -2.54. The number of para-hydroxylation sites is 1. The van der Waals surface area contributed by atoms with Gasteiger partial charge in [0.1, 0.15) is 11.6 Å². The number of benzene rings is 3. The third-order valence-corrected chi connectivity index (χ3v) is 8.23. The Hall–Kier alpha value is -3.73. The number of sulfone groups is 1. The van der Waals surface area contributed by atoms with Gasteiger partial charge in [0.2, 0.25) is 5.91 Å². The summed E-state index contributed by atoms with van der Waals surface area (Å²) in [5.74, 6) is -3.35. The van der Waals surface area contributed by atoms with Gasteiger partial charge >= 0.3 is 6.18 Å². The third kappa shape index (κ3) is 3.33. The first-order valence-corrected chi connectivity index (χ1v) is 12.0. The topological polar surface area (TPSA) is 74.8 Å². The smallest absolute Gasteiger partial charge is 0.304 e. The van der Waals surface area contributed by atoms with Gasteiger partial charge in [-0.15, -0.1) is 0 Å². The number of nitrogens with zero attached hydrogens (tertiary/aromatic N) is 2. The molecule has 6 nitrogen and oxygen atoms in total. The van der Waals surface area contributed by atoms with Gasteiger partial charge in [0, 0.05) is 11.3 Å². The van der Waals surface area contributed by atoms with E-state index in [0.29, 0.717) is 5.56 Å². The number of halogens is 4. The van der Waals surface area contributed by atoms with Crippen LogP contribution in [0.15, 0.2) is 72.8 Å². The van der Waals surface area contributed by atoms with E-state index in [-0.39, 0.29) is 23.5 Å². The van der Waals surface area contributed by atoms with Crippen molar-refractivity contribution in [3.63, 3.8) is 0 Å². The molecule has 1 fully saturated rings. The molecule has 1 spiro atoms. The lowest BCUT2D eigenvalue weighted by molar-refractivity contribution is -0.137. The van der Waals surface area contributed by atoms with Crippen LogP contribution in [0.25, 0.3) is 0 Å². The second-order valence-corrected chi connectivity index (χ2v) is 10.3. The zero-order valence-corrected chi connectivity index (χ0v) is 18.6. The van der Waals surface area contributed by atoms with Gasteiger partial charge in [0.15, 0.2) is 9.84 Å². The van der Waals surface area contributed by atoms with Gasteiger partial charge in [-0.2, -0.15) is 13.2 Å². The van der Waals surface area contributed by atoms with Gasteiger partial charge in [-0.3, -0.25) is 14.5 Å². The largest absolute Gasteiger partial charge is 0.416 e. The Morgan fingerprint density at radius 2 is 1.51 bits per heavy atom. The van der Waals surface area contributed by atoms with Crippen LogP contribution in [-0.4, -0.2) is 26.0 Å². The number of amides is 2. The number of rotatable bonds is 3. The summed E-state index contributed by atoms with van der Waals surface area (Å²) in [5.41, 5.74) is -0.374. The van der Waals surface area contributed by atoms with E-state index in [2.05, 4.69) is 0 Å². The molecular formula is C24H16F4N2O4S. The molecule has 180 valence electrons. The zero-order valence-electron chi connectivity index (χ0n) is 17.8. The summed E-state index contributed by atoms with van der Waals surface area (Å²) in [7, 11) is -4.46. The van der Waals surface area contributed by atoms with Crippen molar-refractivity contribution in [3.05, 3.63) is 95.3 Å². The average molecular weight is 504 g/mol. The Labute approximate surface area is 197 Å². The van der Waals surface area contributed by atoms with E-state index in [1.807, 2.05) is 0 Å². The average Bonchev–Trinajstić information content (AvgIpc) is 3.17. The number of carbonyl (C=O) groups is 2. The monoisotopic (exact) mass is 504 g/mol. The van der Waals surface area contributed by atoms with Crippen molar-refractivity contribution in [1.82, 2.24) is 0 Å². The van der Waals surface area contributed by atoms with Gasteiger partial charge in [-0.05, 0) is 48.0 Å². The summed E-state index contributed by atoms with van der Waals surface area (Å²) in [5, 5.41) is 0. The van der Waals surface area contributed by atoms with Crippen LogP contribution in [0.2, 0.25) is 0 Å². The van der Waals surface area contributed by atoms with E-state index in [0.717, 1.165) is 29.2 Å². The normalized spacial score (nSPS) is 21.1. The van der Waals surface area contributed by atoms with E-state index in [9.17, 15) is 35.6 Å². The van der Waals surface area contributed by atoms with E-state index in [1.54, 1.807) is 6.07 Å². The highest BCUT2D eigenvalue weighted by atomic mass is 32.2. The molecule has 0 aromatic heterocycles. The fourth-order valence-corrected chi connectivity index (χ4v) is 6.65. The molecule has 1 saturated heterocycles. The van der Waals surface area contributed by atoms with Crippen LogP contribution in [0.3, 0.4) is 0 Å². The second-order valence-electron chi connectivity index (χ2n) is 8.21. The SMILES string of the molecule is O=C1CS(=O)(=O)C2(C(=O)N(Cc3ccc(F)cc3)c3ccccc32)N1c1ccc(C(F)(F)F)cc1. The van der Waals surface area contributed by atoms with E-state index in [4.69, 9.17) is 0 Å². The molecule has 2 heterocycles. The first kappa shape index (κ1) is 23.0. The van der Waals surface area contributed by atoms with Gasteiger partial charge in [-0.25, -0.2) is 12.8 Å².